The third kappa shape index (κ3) is 13.9. The third-order valence-corrected chi connectivity index (χ3v) is 9.47. The normalized spacial score (nSPS) is 11.4. The molecular formula is C43H64. The second kappa shape index (κ2) is 23.1. The van der Waals surface area contributed by atoms with Crippen LogP contribution in [-0.4, -0.2) is 0 Å². The lowest BCUT2D eigenvalue weighted by molar-refractivity contribution is 0.553. The maximum Gasteiger partial charge on any atom is 0.0342 e. The van der Waals surface area contributed by atoms with Gasteiger partial charge in [-0.2, -0.15) is 0 Å². The summed E-state index contributed by atoms with van der Waals surface area (Å²) in [5, 5.41) is 0. The Labute approximate surface area is 267 Å². The van der Waals surface area contributed by atoms with Gasteiger partial charge in [0.15, 0.2) is 0 Å². The zero-order chi connectivity index (χ0) is 30.2. The average Bonchev–Trinajstić information content (AvgIpc) is 3.05. The van der Waals surface area contributed by atoms with Gasteiger partial charge in [-0.1, -0.05) is 208 Å². The molecule has 0 aliphatic carbocycles. The first kappa shape index (κ1) is 35.1. The number of aryl methyl sites for hydroxylation is 1. The Kier molecular flexibility index (Phi) is 18.9. The molecule has 0 nitrogen and oxygen atoms in total. The van der Waals surface area contributed by atoms with Crippen LogP contribution in [0.3, 0.4) is 0 Å². The second-order valence-corrected chi connectivity index (χ2v) is 13.1. The van der Waals surface area contributed by atoms with Gasteiger partial charge in [0, 0.05) is 5.92 Å². The highest BCUT2D eigenvalue weighted by molar-refractivity contribution is 5.49. The Balaban J connectivity index is 1.64. The first-order valence-corrected chi connectivity index (χ1v) is 18.6. The second-order valence-electron chi connectivity index (χ2n) is 13.1. The fraction of sp³-hybridized carbons (Fsp3) is 0.581. The van der Waals surface area contributed by atoms with Crippen molar-refractivity contribution >= 4 is 0 Å². The predicted molar refractivity (Wildman–Crippen MR) is 191 cm³/mol. The van der Waals surface area contributed by atoms with E-state index in [0.29, 0.717) is 5.92 Å². The maximum absolute atomic E-state index is 2.45. The maximum atomic E-state index is 2.45. The van der Waals surface area contributed by atoms with Crippen LogP contribution in [0.1, 0.15) is 176 Å². The lowest BCUT2D eigenvalue weighted by Gasteiger charge is -2.24. The SMILES string of the molecule is CCCCCCCCCCCCc1cccc(C(c2ccccc2)c2ccccc2)c1CCCCCCCCCCCC. The summed E-state index contributed by atoms with van der Waals surface area (Å²) in [4.78, 5) is 0. The van der Waals surface area contributed by atoms with Crippen LogP contribution in [0.25, 0.3) is 0 Å². The number of rotatable bonds is 25. The molecule has 0 radical (unpaired) electrons. The zero-order valence-electron chi connectivity index (χ0n) is 28.1. The van der Waals surface area contributed by atoms with Gasteiger partial charge < -0.3 is 0 Å². The Morgan fingerprint density at radius 3 is 1.21 bits per heavy atom. The van der Waals surface area contributed by atoms with Gasteiger partial charge >= 0.3 is 0 Å². The quantitative estimate of drug-likeness (QED) is 0.0690. The summed E-state index contributed by atoms with van der Waals surface area (Å²) in [6.07, 6.45) is 30.4. The van der Waals surface area contributed by atoms with Crippen LogP contribution in [0.5, 0.6) is 0 Å². The Hall–Kier alpha value is -2.34. The molecule has 0 aliphatic heterocycles. The molecule has 236 valence electrons. The summed E-state index contributed by atoms with van der Waals surface area (Å²) in [7, 11) is 0. The molecule has 0 unspecified atom stereocenters. The minimum absolute atomic E-state index is 0.299. The van der Waals surface area contributed by atoms with Crippen molar-refractivity contribution in [2.45, 2.75) is 161 Å². The highest BCUT2D eigenvalue weighted by Crippen LogP contribution is 2.36. The summed E-state index contributed by atoms with van der Waals surface area (Å²) in [6.45, 7) is 4.62. The van der Waals surface area contributed by atoms with Crippen LogP contribution in [0.15, 0.2) is 78.9 Å². The number of unbranched alkanes of at least 4 members (excludes halogenated alkanes) is 18. The molecule has 3 aromatic rings. The summed E-state index contributed by atoms with van der Waals surface area (Å²) in [5.41, 5.74) is 7.63. The lowest BCUT2D eigenvalue weighted by atomic mass is 9.80. The first-order valence-electron chi connectivity index (χ1n) is 18.6. The molecule has 0 atom stereocenters. The highest BCUT2D eigenvalue weighted by atomic mass is 14.2. The van der Waals surface area contributed by atoms with Gasteiger partial charge in [0.2, 0.25) is 0 Å². The van der Waals surface area contributed by atoms with Gasteiger partial charge in [0.05, 0.1) is 0 Å². The lowest BCUT2D eigenvalue weighted by Crippen LogP contribution is -2.09. The van der Waals surface area contributed by atoms with Gasteiger partial charge in [-0.3, -0.25) is 0 Å². The summed E-state index contributed by atoms with van der Waals surface area (Å²) >= 11 is 0. The van der Waals surface area contributed by atoms with Crippen molar-refractivity contribution in [2.24, 2.45) is 0 Å². The minimum atomic E-state index is 0.299. The van der Waals surface area contributed by atoms with Crippen LogP contribution < -0.4 is 0 Å². The van der Waals surface area contributed by atoms with Crippen LogP contribution >= 0.6 is 0 Å². The van der Waals surface area contributed by atoms with Gasteiger partial charge in [0.25, 0.3) is 0 Å². The molecule has 0 N–H and O–H groups in total. The van der Waals surface area contributed by atoms with Crippen LogP contribution in [0.2, 0.25) is 0 Å². The largest absolute Gasteiger partial charge is 0.0654 e. The van der Waals surface area contributed by atoms with Gasteiger partial charge in [-0.25, -0.2) is 0 Å². The molecular weight excluding hydrogens is 516 g/mol. The van der Waals surface area contributed by atoms with Crippen molar-refractivity contribution in [3.63, 3.8) is 0 Å². The Morgan fingerprint density at radius 1 is 0.372 bits per heavy atom. The molecule has 0 saturated carbocycles. The van der Waals surface area contributed by atoms with Gasteiger partial charge in [-0.05, 0) is 53.5 Å². The fourth-order valence-electron chi connectivity index (χ4n) is 6.90. The predicted octanol–water partition coefficient (Wildman–Crippen LogP) is 13.8. The van der Waals surface area contributed by atoms with E-state index in [1.54, 1.807) is 11.1 Å². The molecule has 0 aromatic heterocycles. The van der Waals surface area contributed by atoms with E-state index in [1.165, 1.54) is 158 Å². The van der Waals surface area contributed by atoms with Crippen molar-refractivity contribution in [3.05, 3.63) is 107 Å². The standard InChI is InChI=1S/C43H64/c1-3-5-7-9-11-13-15-17-19-23-30-38-35-29-37-42(41(38)36-28-20-18-16-14-12-10-8-6-4-2)43(39-31-24-21-25-32-39)40-33-26-22-27-34-40/h21-22,24-27,29,31-35,37,43H,3-20,23,28,30,36H2,1-2H3. The van der Waals surface area contributed by atoms with Gasteiger partial charge in [0.1, 0.15) is 0 Å². The van der Waals surface area contributed by atoms with Crippen molar-refractivity contribution in [1.82, 2.24) is 0 Å². The zero-order valence-corrected chi connectivity index (χ0v) is 28.1. The number of hydrogen-bond donors (Lipinski definition) is 0. The first-order chi connectivity index (χ1) is 21.3. The summed E-state index contributed by atoms with van der Waals surface area (Å²) in [5.74, 6) is 0.299. The third-order valence-electron chi connectivity index (χ3n) is 9.47. The Bertz CT molecular complexity index is 1010. The van der Waals surface area contributed by atoms with Crippen LogP contribution in [0.4, 0.5) is 0 Å². The highest BCUT2D eigenvalue weighted by Gasteiger charge is 2.21. The van der Waals surface area contributed by atoms with E-state index in [-0.39, 0.29) is 0 Å². The van der Waals surface area contributed by atoms with E-state index in [4.69, 9.17) is 0 Å². The van der Waals surface area contributed by atoms with Crippen molar-refractivity contribution in [3.8, 4) is 0 Å². The molecule has 43 heavy (non-hydrogen) atoms. The Morgan fingerprint density at radius 2 is 0.767 bits per heavy atom. The molecule has 0 heterocycles. The summed E-state index contributed by atoms with van der Waals surface area (Å²) in [6, 6.07) is 29.7. The average molecular weight is 581 g/mol. The molecule has 0 spiro atoms. The monoisotopic (exact) mass is 581 g/mol. The van der Waals surface area contributed by atoms with E-state index in [1.807, 2.05) is 0 Å². The van der Waals surface area contributed by atoms with E-state index in [2.05, 4.69) is 92.7 Å². The van der Waals surface area contributed by atoms with Crippen molar-refractivity contribution in [1.29, 1.82) is 0 Å². The number of hydrogen-bond acceptors (Lipinski definition) is 0. The molecule has 0 heteroatoms. The van der Waals surface area contributed by atoms with E-state index in [9.17, 15) is 0 Å². The fourth-order valence-corrected chi connectivity index (χ4v) is 6.90. The summed E-state index contributed by atoms with van der Waals surface area (Å²) < 4.78 is 0. The molecule has 0 aliphatic rings. The van der Waals surface area contributed by atoms with Crippen LogP contribution in [-0.2, 0) is 12.8 Å². The molecule has 0 saturated heterocycles. The molecule has 0 amide bonds. The smallest absolute Gasteiger partial charge is 0.0342 e. The molecule has 0 bridgehead atoms. The van der Waals surface area contributed by atoms with E-state index < -0.39 is 0 Å². The minimum Gasteiger partial charge on any atom is -0.0654 e. The van der Waals surface area contributed by atoms with E-state index in [0.717, 1.165) is 0 Å². The van der Waals surface area contributed by atoms with Gasteiger partial charge in [-0.15, -0.1) is 0 Å². The topological polar surface area (TPSA) is 0 Å². The van der Waals surface area contributed by atoms with Crippen molar-refractivity contribution < 1.29 is 0 Å². The van der Waals surface area contributed by atoms with Crippen LogP contribution in [0, 0.1) is 0 Å². The number of benzene rings is 3. The van der Waals surface area contributed by atoms with E-state index >= 15 is 0 Å². The molecule has 3 rings (SSSR count). The van der Waals surface area contributed by atoms with Crippen molar-refractivity contribution in [2.75, 3.05) is 0 Å². The molecule has 3 aromatic carbocycles. The molecule has 0 fully saturated rings.